The van der Waals surface area contributed by atoms with Crippen molar-refractivity contribution in [3.63, 3.8) is 0 Å². The van der Waals surface area contributed by atoms with Gasteiger partial charge in [0, 0.05) is 0 Å². The van der Waals surface area contributed by atoms with E-state index in [0.29, 0.717) is 0 Å². The molecule has 0 aliphatic rings. The molecule has 3 aromatic carbocycles. The summed E-state index contributed by atoms with van der Waals surface area (Å²) in [6.07, 6.45) is -6.06. The molecule has 0 heterocycles. The lowest BCUT2D eigenvalue weighted by atomic mass is 10.1. The van der Waals surface area contributed by atoms with Crippen molar-refractivity contribution in [2.75, 3.05) is 0 Å². The standard InChI is InChI=1S/C19H17IP.C4HF9O3S/c20-21(18-12-6-2-7-13-18,19-14-8-3-9-15-19)16-17-10-4-1-5-11-17;5-1(6,3(9,10)11)2(7,8)4(12,13)17(14,15)16/h1-15H,16H2;(H,14,15,16)/q+1;/p-1. The third kappa shape index (κ3) is 6.62. The molecule has 0 aromatic heterocycles. The molecule has 15 heteroatoms. The maximum Gasteiger partial charge on any atom is 0.460 e. The van der Waals surface area contributed by atoms with Crippen LogP contribution < -0.4 is 10.6 Å². The lowest BCUT2D eigenvalue weighted by Crippen LogP contribution is -2.63. The quantitative estimate of drug-likeness (QED) is 0.114. The van der Waals surface area contributed by atoms with Crippen molar-refractivity contribution in [1.29, 1.82) is 0 Å². The van der Waals surface area contributed by atoms with Crippen LogP contribution in [0.2, 0.25) is 0 Å². The fourth-order valence-electron chi connectivity index (χ4n) is 3.01. The molecule has 3 aromatic rings. The average Bonchev–Trinajstić information content (AvgIpc) is 2.84. The molecule has 208 valence electrons. The van der Waals surface area contributed by atoms with E-state index >= 15 is 0 Å². The van der Waals surface area contributed by atoms with Crippen LogP contribution in [0.15, 0.2) is 91.0 Å². The Kier molecular flexibility index (Phi) is 9.94. The van der Waals surface area contributed by atoms with E-state index in [2.05, 4.69) is 113 Å². The Morgan fingerprint density at radius 3 is 1.29 bits per heavy atom. The highest BCUT2D eigenvalue weighted by Gasteiger charge is 2.83. The van der Waals surface area contributed by atoms with Crippen molar-refractivity contribution < 1.29 is 52.5 Å². The fraction of sp³-hybridized carbons (Fsp3) is 0.217. The molecule has 0 radical (unpaired) electrons. The van der Waals surface area contributed by atoms with Gasteiger partial charge in [0.05, 0.1) is 0 Å². The third-order valence-electron chi connectivity index (χ3n) is 5.00. The molecule has 0 unspecified atom stereocenters. The van der Waals surface area contributed by atoms with Gasteiger partial charge in [-0.05, 0) is 29.8 Å². The second-order valence-corrected chi connectivity index (χ2v) is 16.8. The summed E-state index contributed by atoms with van der Waals surface area (Å²) in [5.74, 6) is -14.8. The normalized spacial score (nSPS) is 13.4. The average molecular weight is 702 g/mol. The van der Waals surface area contributed by atoms with Crippen LogP contribution in [0, 0.1) is 0 Å². The Hall–Kier alpha value is -1.90. The minimum absolute atomic E-state index is 1.10. The molecule has 3 rings (SSSR count). The molecule has 0 fully saturated rings. The summed E-state index contributed by atoms with van der Waals surface area (Å²) in [7, 11) is -7.42. The Balaban J connectivity index is 0.000000275. The van der Waals surface area contributed by atoms with Crippen LogP contribution in [-0.2, 0) is 16.3 Å². The van der Waals surface area contributed by atoms with Gasteiger partial charge < -0.3 is 4.55 Å². The Bertz CT molecular complexity index is 1250. The van der Waals surface area contributed by atoms with Gasteiger partial charge in [-0.1, -0.05) is 66.7 Å². The number of halogens is 10. The Labute approximate surface area is 225 Å². The molecule has 38 heavy (non-hydrogen) atoms. The van der Waals surface area contributed by atoms with Crippen LogP contribution in [0.1, 0.15) is 5.56 Å². The van der Waals surface area contributed by atoms with Crippen LogP contribution in [0.3, 0.4) is 0 Å². The first kappa shape index (κ1) is 32.3. The molecular weight excluding hydrogens is 685 g/mol. The zero-order chi connectivity index (χ0) is 29.0. The molecule has 0 amide bonds. The van der Waals surface area contributed by atoms with Gasteiger partial charge >= 0.3 is 23.3 Å². The number of hydrogen-bond acceptors (Lipinski definition) is 3. The van der Waals surface area contributed by atoms with E-state index in [4.69, 9.17) is 0 Å². The van der Waals surface area contributed by atoms with Crippen LogP contribution in [0.5, 0.6) is 0 Å². The molecule has 0 N–H and O–H groups in total. The smallest absolute Gasteiger partial charge is 0.460 e. The minimum Gasteiger partial charge on any atom is -0.743 e. The first-order chi connectivity index (χ1) is 17.3. The summed E-state index contributed by atoms with van der Waals surface area (Å²) >= 11 is 2.72. The summed E-state index contributed by atoms with van der Waals surface area (Å²) < 4.78 is 135. The summed E-state index contributed by atoms with van der Waals surface area (Å²) in [5.41, 5.74) is 1.41. The predicted octanol–water partition coefficient (Wildman–Crippen LogP) is 7.16. The zero-order valence-electron chi connectivity index (χ0n) is 18.7. The molecule has 0 aliphatic carbocycles. The van der Waals surface area contributed by atoms with E-state index in [1.807, 2.05) is 0 Å². The van der Waals surface area contributed by atoms with Gasteiger partial charge in [0.25, 0.3) is 0 Å². The monoisotopic (exact) mass is 702 g/mol. The number of rotatable bonds is 7. The van der Waals surface area contributed by atoms with Crippen molar-refractivity contribution in [3.05, 3.63) is 96.6 Å². The van der Waals surface area contributed by atoms with Crippen molar-refractivity contribution in [3.8, 4) is 0 Å². The van der Waals surface area contributed by atoms with Gasteiger partial charge in [-0.2, -0.15) is 39.5 Å². The summed E-state index contributed by atoms with van der Waals surface area (Å²) in [4.78, 5) is -1.43. The molecule has 0 saturated heterocycles. The first-order valence-corrected chi connectivity index (χ1v) is 16.3. The second-order valence-electron chi connectivity index (χ2n) is 7.65. The summed E-state index contributed by atoms with van der Waals surface area (Å²) in [6.45, 7) is 0. The minimum atomic E-state index is -7.43. The van der Waals surface area contributed by atoms with E-state index < -0.39 is 38.3 Å². The molecule has 0 bridgehead atoms. The van der Waals surface area contributed by atoms with E-state index in [-0.39, 0.29) is 0 Å². The molecule has 3 nitrogen and oxygen atoms in total. The SMILES string of the molecule is I[P+](Cc1ccccc1)(c1ccccc1)c1ccccc1.O=S(=O)([O-])C(F)(F)C(F)(F)C(F)(F)C(F)(F)F. The van der Waals surface area contributed by atoms with Gasteiger partial charge in [-0.25, -0.2) is 8.42 Å². The van der Waals surface area contributed by atoms with Gasteiger partial charge in [0.2, 0.25) is 0 Å². The van der Waals surface area contributed by atoms with E-state index in [9.17, 15) is 52.5 Å². The summed E-state index contributed by atoms with van der Waals surface area (Å²) in [6, 6.07) is 32.7. The molecule has 0 spiro atoms. The predicted molar refractivity (Wildman–Crippen MR) is 134 cm³/mol. The second kappa shape index (κ2) is 11.7. The van der Waals surface area contributed by atoms with Gasteiger partial charge in [0.15, 0.2) is 32.2 Å². The zero-order valence-corrected chi connectivity index (χ0v) is 22.6. The topological polar surface area (TPSA) is 57.2 Å². The third-order valence-corrected chi connectivity index (χ3v) is 13.3. The van der Waals surface area contributed by atoms with Crippen molar-refractivity contribution >= 4 is 47.7 Å². The van der Waals surface area contributed by atoms with Crippen LogP contribution in [-0.4, -0.2) is 36.2 Å². The van der Waals surface area contributed by atoms with E-state index in [0.717, 1.165) is 6.16 Å². The highest BCUT2D eigenvalue weighted by molar-refractivity contribution is 14.2. The van der Waals surface area contributed by atoms with Crippen LogP contribution in [0.25, 0.3) is 0 Å². The number of hydrogen-bond donors (Lipinski definition) is 0. The maximum atomic E-state index is 12.2. The largest absolute Gasteiger partial charge is 0.743 e. The van der Waals surface area contributed by atoms with Crippen molar-refractivity contribution in [2.45, 2.75) is 29.4 Å². The number of alkyl halides is 9. The lowest BCUT2D eigenvalue weighted by Gasteiger charge is -2.34. The number of benzene rings is 3. The van der Waals surface area contributed by atoms with Gasteiger partial charge in [0.1, 0.15) is 21.7 Å². The van der Waals surface area contributed by atoms with Crippen LogP contribution in [0.4, 0.5) is 39.5 Å². The van der Waals surface area contributed by atoms with Gasteiger partial charge in [-0.3, -0.25) is 0 Å². The van der Waals surface area contributed by atoms with Crippen LogP contribution >= 0.6 is 26.9 Å². The highest BCUT2D eigenvalue weighted by Crippen LogP contribution is 2.66. The van der Waals surface area contributed by atoms with E-state index in [1.165, 1.54) is 16.2 Å². The highest BCUT2D eigenvalue weighted by atomic mass is 127. The summed E-state index contributed by atoms with van der Waals surface area (Å²) in [5, 5.41) is -4.19. The molecule has 0 atom stereocenters. The van der Waals surface area contributed by atoms with Crippen molar-refractivity contribution in [1.82, 2.24) is 0 Å². The maximum absolute atomic E-state index is 12.2. The Morgan fingerprint density at radius 2 is 0.974 bits per heavy atom. The molecule has 0 aliphatic heterocycles. The molecular formula is C23H17F9IO3PS. The fourth-order valence-corrected chi connectivity index (χ4v) is 9.23. The van der Waals surface area contributed by atoms with E-state index in [1.54, 1.807) is 0 Å². The first-order valence-electron chi connectivity index (χ1n) is 10.2. The Morgan fingerprint density at radius 1 is 0.632 bits per heavy atom. The molecule has 0 saturated carbocycles. The lowest BCUT2D eigenvalue weighted by molar-refractivity contribution is -0.382. The van der Waals surface area contributed by atoms with Gasteiger partial charge in [-0.15, -0.1) is 0 Å². The van der Waals surface area contributed by atoms with Crippen molar-refractivity contribution in [2.24, 2.45) is 0 Å².